The van der Waals surface area contributed by atoms with Crippen LogP contribution >= 0.6 is 0 Å². The summed E-state index contributed by atoms with van der Waals surface area (Å²) in [5.74, 6) is -1.40. The Balaban J connectivity index is 1.63. The molecule has 0 unspecified atom stereocenters. The van der Waals surface area contributed by atoms with E-state index in [0.29, 0.717) is 16.7 Å². The van der Waals surface area contributed by atoms with Crippen molar-refractivity contribution in [2.45, 2.75) is 33.7 Å². The molecule has 0 fully saturated rings. The van der Waals surface area contributed by atoms with Crippen LogP contribution in [-0.2, 0) is 17.7 Å². The van der Waals surface area contributed by atoms with Crippen LogP contribution in [0.4, 0.5) is 14.9 Å². The molecule has 0 saturated heterocycles. The molecule has 0 atom stereocenters. The third-order valence-corrected chi connectivity index (χ3v) is 5.66. The highest BCUT2D eigenvalue weighted by Crippen LogP contribution is 2.25. The lowest BCUT2D eigenvalue weighted by atomic mass is 10.0. The highest BCUT2D eigenvalue weighted by Gasteiger charge is 2.14. The Kier molecular flexibility index (Phi) is 7.88. The average molecular weight is 470 g/mol. The van der Waals surface area contributed by atoms with Crippen LogP contribution in [0.2, 0.25) is 0 Å². The summed E-state index contributed by atoms with van der Waals surface area (Å²) in [7, 11) is 0. The van der Waals surface area contributed by atoms with E-state index in [9.17, 15) is 18.8 Å². The molecule has 9 heteroatoms. The molecule has 180 valence electrons. The summed E-state index contributed by atoms with van der Waals surface area (Å²) in [4.78, 5) is 38.0. The Morgan fingerprint density at radius 3 is 2.56 bits per heavy atom. The van der Waals surface area contributed by atoms with Crippen molar-refractivity contribution in [2.24, 2.45) is 5.73 Å². The van der Waals surface area contributed by atoms with E-state index in [1.54, 1.807) is 0 Å². The average Bonchev–Trinajstić information content (AvgIpc) is 2.80. The molecule has 0 aliphatic rings. The van der Waals surface area contributed by atoms with E-state index in [0.717, 1.165) is 35.8 Å². The lowest BCUT2D eigenvalue weighted by molar-refractivity contribution is 0.0999. The molecule has 3 N–H and O–H groups in total. The molecule has 2 amide bonds. The van der Waals surface area contributed by atoms with Crippen LogP contribution in [0.15, 0.2) is 45.6 Å². The quantitative estimate of drug-likeness (QED) is 0.462. The lowest BCUT2D eigenvalue weighted by Crippen LogP contribution is -2.25. The summed E-state index contributed by atoms with van der Waals surface area (Å²) in [6, 6.07) is 9.37. The first-order valence-electron chi connectivity index (χ1n) is 11.0. The van der Waals surface area contributed by atoms with Gasteiger partial charge >= 0.3 is 11.7 Å². The number of nitrogens with zero attached hydrogens (tertiary/aromatic N) is 1. The van der Waals surface area contributed by atoms with Crippen molar-refractivity contribution in [3.63, 3.8) is 0 Å². The number of ether oxygens (including phenoxy) is 1. The third kappa shape index (κ3) is 5.72. The smallest absolute Gasteiger partial charge is 0.407 e. The summed E-state index contributed by atoms with van der Waals surface area (Å²) >= 11 is 0. The van der Waals surface area contributed by atoms with Gasteiger partial charge in [0.15, 0.2) is 0 Å². The van der Waals surface area contributed by atoms with Gasteiger partial charge in [-0.2, -0.15) is 0 Å². The van der Waals surface area contributed by atoms with Crippen LogP contribution in [0.1, 0.15) is 40.9 Å². The van der Waals surface area contributed by atoms with E-state index in [-0.39, 0.29) is 25.1 Å². The van der Waals surface area contributed by atoms with Crippen molar-refractivity contribution >= 4 is 28.7 Å². The number of alkyl carbamates (subject to hydrolysis) is 1. The van der Waals surface area contributed by atoms with E-state index in [1.807, 2.05) is 25.1 Å². The van der Waals surface area contributed by atoms with Gasteiger partial charge in [0.2, 0.25) is 5.91 Å². The lowest BCUT2D eigenvalue weighted by Gasteiger charge is -2.21. The molecule has 1 aromatic heterocycles. The zero-order chi connectivity index (χ0) is 24.8. The van der Waals surface area contributed by atoms with Gasteiger partial charge in [-0.05, 0) is 62.2 Å². The van der Waals surface area contributed by atoms with E-state index in [4.69, 9.17) is 14.9 Å². The van der Waals surface area contributed by atoms with Crippen LogP contribution in [0, 0.1) is 12.7 Å². The molecular weight excluding hydrogens is 441 g/mol. The Labute approximate surface area is 196 Å². The first kappa shape index (κ1) is 24.8. The van der Waals surface area contributed by atoms with Gasteiger partial charge in [0.05, 0.1) is 6.61 Å². The maximum Gasteiger partial charge on any atom is 0.407 e. The molecule has 3 aromatic rings. The number of carbonyl (C=O) groups excluding carboxylic acids is 2. The van der Waals surface area contributed by atoms with Crippen molar-refractivity contribution in [3.8, 4) is 0 Å². The van der Waals surface area contributed by atoms with Gasteiger partial charge in [-0.1, -0.05) is 0 Å². The number of carbonyl (C=O) groups is 2. The number of fused-ring (bicyclic) bond motifs is 1. The highest BCUT2D eigenvalue weighted by molar-refractivity contribution is 5.93. The Morgan fingerprint density at radius 2 is 1.88 bits per heavy atom. The number of primary amides is 1. The molecule has 3 rings (SSSR count). The Hall–Kier alpha value is -3.88. The van der Waals surface area contributed by atoms with Gasteiger partial charge in [-0.25, -0.2) is 14.0 Å². The molecule has 0 bridgehead atoms. The molecule has 0 aliphatic heterocycles. The second-order valence-corrected chi connectivity index (χ2v) is 7.80. The van der Waals surface area contributed by atoms with Gasteiger partial charge in [-0.3, -0.25) is 4.79 Å². The fraction of sp³-hybridized carbons (Fsp3) is 0.320. The fourth-order valence-electron chi connectivity index (χ4n) is 3.82. The number of aryl methyl sites for hydroxylation is 1. The highest BCUT2D eigenvalue weighted by atomic mass is 19.1. The number of anilines is 1. The van der Waals surface area contributed by atoms with E-state index in [2.05, 4.69) is 24.1 Å². The Bertz CT molecular complexity index is 1270. The van der Waals surface area contributed by atoms with Crippen LogP contribution in [0.3, 0.4) is 0 Å². The zero-order valence-corrected chi connectivity index (χ0v) is 19.4. The number of halogens is 1. The van der Waals surface area contributed by atoms with Gasteiger partial charge in [0.1, 0.15) is 11.4 Å². The summed E-state index contributed by atoms with van der Waals surface area (Å²) in [6.45, 7) is 7.54. The molecule has 2 aromatic carbocycles. The maximum absolute atomic E-state index is 13.6. The third-order valence-electron chi connectivity index (χ3n) is 5.66. The second kappa shape index (κ2) is 10.8. The van der Waals surface area contributed by atoms with Gasteiger partial charge in [0.25, 0.3) is 0 Å². The number of amides is 2. The molecular formula is C25H28FN3O5. The largest absolute Gasteiger partial charge is 0.449 e. The second-order valence-electron chi connectivity index (χ2n) is 7.80. The fourth-order valence-corrected chi connectivity index (χ4v) is 3.82. The summed E-state index contributed by atoms with van der Waals surface area (Å²) in [5.41, 5.74) is 7.78. The van der Waals surface area contributed by atoms with Crippen LogP contribution in [0.5, 0.6) is 0 Å². The zero-order valence-electron chi connectivity index (χ0n) is 19.4. The minimum atomic E-state index is -0.766. The number of hydrogen-bond acceptors (Lipinski definition) is 6. The van der Waals surface area contributed by atoms with Crippen molar-refractivity contribution in [1.82, 2.24) is 5.32 Å². The number of benzene rings is 2. The summed E-state index contributed by atoms with van der Waals surface area (Å²) < 4.78 is 24.3. The van der Waals surface area contributed by atoms with Crippen molar-refractivity contribution in [2.75, 3.05) is 24.6 Å². The van der Waals surface area contributed by atoms with Crippen molar-refractivity contribution in [1.29, 1.82) is 0 Å². The number of nitrogens with two attached hydrogens (primary N) is 1. The number of hydrogen-bond donors (Lipinski definition) is 2. The number of nitrogens with one attached hydrogen (secondary N) is 1. The SMILES string of the molecule is CCN(CC)c1ccc2c(C)c(CCOC(=O)NCc3cc(F)cc(C(N)=O)c3)c(=O)oc2c1. The minimum Gasteiger partial charge on any atom is -0.449 e. The summed E-state index contributed by atoms with van der Waals surface area (Å²) in [5, 5.41) is 3.30. The number of rotatable bonds is 9. The predicted octanol–water partition coefficient (Wildman–Crippen LogP) is 3.65. The van der Waals surface area contributed by atoms with Crippen molar-refractivity contribution in [3.05, 3.63) is 74.9 Å². The molecule has 0 spiro atoms. The summed E-state index contributed by atoms with van der Waals surface area (Å²) in [6.07, 6.45) is -0.558. The van der Waals surface area contributed by atoms with Gasteiger partial charge in [-0.15, -0.1) is 0 Å². The Morgan fingerprint density at radius 1 is 1.15 bits per heavy atom. The first-order chi connectivity index (χ1) is 16.2. The molecule has 34 heavy (non-hydrogen) atoms. The molecule has 0 radical (unpaired) electrons. The molecule has 8 nitrogen and oxygen atoms in total. The molecule has 1 heterocycles. The molecule has 0 saturated carbocycles. The predicted molar refractivity (Wildman–Crippen MR) is 128 cm³/mol. The van der Waals surface area contributed by atoms with Crippen LogP contribution < -0.4 is 21.6 Å². The topological polar surface area (TPSA) is 115 Å². The first-order valence-corrected chi connectivity index (χ1v) is 11.0. The molecule has 0 aliphatic carbocycles. The van der Waals surface area contributed by atoms with E-state index >= 15 is 0 Å². The normalized spacial score (nSPS) is 10.8. The maximum atomic E-state index is 13.6. The van der Waals surface area contributed by atoms with E-state index in [1.165, 1.54) is 12.1 Å². The van der Waals surface area contributed by atoms with E-state index < -0.39 is 23.4 Å². The van der Waals surface area contributed by atoms with Gasteiger partial charge in [0, 0.05) is 54.3 Å². The minimum absolute atomic E-state index is 0.00730. The van der Waals surface area contributed by atoms with Crippen LogP contribution in [-0.4, -0.2) is 31.7 Å². The van der Waals surface area contributed by atoms with Gasteiger partial charge < -0.3 is 25.1 Å². The standard InChI is InChI=1S/C25H28FN3O5/c1-4-29(5-2)19-6-7-20-15(3)21(24(31)34-22(20)13-19)8-9-33-25(32)28-14-16-10-17(23(27)30)12-18(26)11-16/h6-7,10-13H,4-5,8-9,14H2,1-3H3,(H2,27,30)(H,28,32). The van der Waals surface area contributed by atoms with Crippen LogP contribution in [0.25, 0.3) is 11.0 Å². The van der Waals surface area contributed by atoms with Crippen molar-refractivity contribution < 1.29 is 23.1 Å². The monoisotopic (exact) mass is 469 g/mol.